The SMILES string of the molecule is CCC(=O)Nc1cncc(-c2ccc3[nH]nc(-c4nc5c(-c6cc(F)cc(OCCN7CCCC7)c6)cccc5[nH]4)c3n2)c1. The average molecular weight is 591 g/mol. The Morgan fingerprint density at radius 3 is 2.75 bits per heavy atom. The number of fused-ring (bicyclic) bond motifs is 2. The number of hydrogen-bond donors (Lipinski definition) is 3. The quantitative estimate of drug-likeness (QED) is 0.183. The number of para-hydroxylation sites is 1. The van der Waals surface area contributed by atoms with Crippen LogP contribution in [-0.2, 0) is 4.79 Å². The van der Waals surface area contributed by atoms with E-state index in [1.807, 2.05) is 42.5 Å². The highest BCUT2D eigenvalue weighted by atomic mass is 19.1. The van der Waals surface area contributed by atoms with Crippen molar-refractivity contribution >= 4 is 33.7 Å². The van der Waals surface area contributed by atoms with E-state index in [0.29, 0.717) is 58.3 Å². The number of amides is 1. The maximum Gasteiger partial charge on any atom is 0.224 e. The third kappa shape index (κ3) is 5.61. The molecule has 0 aliphatic carbocycles. The van der Waals surface area contributed by atoms with Crippen LogP contribution in [0, 0.1) is 5.82 Å². The summed E-state index contributed by atoms with van der Waals surface area (Å²) in [6.07, 6.45) is 6.12. The summed E-state index contributed by atoms with van der Waals surface area (Å²) >= 11 is 0. The zero-order valence-electron chi connectivity index (χ0n) is 24.2. The van der Waals surface area contributed by atoms with Crippen molar-refractivity contribution in [1.29, 1.82) is 0 Å². The normalized spacial score (nSPS) is 13.6. The van der Waals surface area contributed by atoms with Crippen LogP contribution < -0.4 is 10.1 Å². The van der Waals surface area contributed by atoms with Crippen LogP contribution in [0.2, 0.25) is 0 Å². The molecule has 6 aromatic rings. The van der Waals surface area contributed by atoms with Gasteiger partial charge in [-0.05, 0) is 67.9 Å². The number of rotatable bonds is 9. The van der Waals surface area contributed by atoms with Gasteiger partial charge >= 0.3 is 0 Å². The molecule has 0 radical (unpaired) electrons. The Hall–Kier alpha value is -5.16. The fraction of sp³-hybridized carbons (Fsp3) is 0.242. The molecule has 1 aliphatic rings. The van der Waals surface area contributed by atoms with E-state index in [9.17, 15) is 9.18 Å². The minimum Gasteiger partial charge on any atom is -0.492 e. The van der Waals surface area contributed by atoms with Crippen molar-refractivity contribution in [3.8, 4) is 39.7 Å². The van der Waals surface area contributed by atoms with Crippen molar-refractivity contribution in [2.45, 2.75) is 26.2 Å². The molecule has 0 spiro atoms. The van der Waals surface area contributed by atoms with Gasteiger partial charge < -0.3 is 15.0 Å². The number of aromatic nitrogens is 6. The monoisotopic (exact) mass is 590 g/mol. The summed E-state index contributed by atoms with van der Waals surface area (Å²) in [5, 5.41) is 10.4. The average Bonchev–Trinajstić information content (AvgIpc) is 3.80. The highest BCUT2D eigenvalue weighted by Gasteiger charge is 2.18. The topological polar surface area (TPSA) is 125 Å². The molecule has 3 N–H and O–H groups in total. The number of ether oxygens (including phenoxy) is 1. The fourth-order valence-electron chi connectivity index (χ4n) is 5.60. The van der Waals surface area contributed by atoms with Crippen LogP contribution in [0.15, 0.2) is 67.0 Å². The summed E-state index contributed by atoms with van der Waals surface area (Å²) < 4.78 is 20.7. The Kier molecular flexibility index (Phi) is 7.45. The van der Waals surface area contributed by atoms with Crippen LogP contribution in [-0.4, -0.2) is 67.2 Å². The molecule has 2 aromatic carbocycles. The predicted octanol–water partition coefficient (Wildman–Crippen LogP) is 6.19. The number of hydrogen-bond acceptors (Lipinski definition) is 7. The highest BCUT2D eigenvalue weighted by molar-refractivity contribution is 5.96. The number of anilines is 1. The Morgan fingerprint density at radius 1 is 1.00 bits per heavy atom. The van der Waals surface area contributed by atoms with E-state index in [0.717, 1.165) is 41.8 Å². The molecular weight excluding hydrogens is 559 g/mol. The zero-order valence-corrected chi connectivity index (χ0v) is 24.2. The lowest BCUT2D eigenvalue weighted by Gasteiger charge is -2.15. The van der Waals surface area contributed by atoms with E-state index in [2.05, 4.69) is 30.4 Å². The number of carbonyl (C=O) groups is 1. The summed E-state index contributed by atoms with van der Waals surface area (Å²) in [4.78, 5) is 31.7. The van der Waals surface area contributed by atoms with Crippen LogP contribution in [0.3, 0.4) is 0 Å². The Bertz CT molecular complexity index is 1980. The van der Waals surface area contributed by atoms with Crippen molar-refractivity contribution in [1.82, 2.24) is 35.0 Å². The molecule has 11 heteroatoms. The van der Waals surface area contributed by atoms with Gasteiger partial charge in [-0.15, -0.1) is 0 Å². The number of imidazole rings is 1. The Balaban J connectivity index is 1.20. The Labute approximate surface area is 252 Å². The van der Waals surface area contributed by atoms with Gasteiger partial charge in [0.05, 0.1) is 34.1 Å². The van der Waals surface area contributed by atoms with Crippen LogP contribution >= 0.6 is 0 Å². The molecule has 0 saturated carbocycles. The lowest BCUT2D eigenvalue weighted by Crippen LogP contribution is -2.25. The first-order valence-corrected chi connectivity index (χ1v) is 14.8. The molecule has 1 amide bonds. The molecule has 222 valence electrons. The maximum absolute atomic E-state index is 14.8. The predicted molar refractivity (Wildman–Crippen MR) is 168 cm³/mol. The van der Waals surface area contributed by atoms with Crippen LogP contribution in [0.5, 0.6) is 5.75 Å². The molecule has 0 atom stereocenters. The number of nitrogens with one attached hydrogen (secondary N) is 3. The van der Waals surface area contributed by atoms with Gasteiger partial charge in [0.2, 0.25) is 5.91 Å². The van der Waals surface area contributed by atoms with Gasteiger partial charge in [-0.1, -0.05) is 19.1 Å². The fourth-order valence-corrected chi connectivity index (χ4v) is 5.60. The summed E-state index contributed by atoms with van der Waals surface area (Å²) in [5.41, 5.74) is 6.89. The van der Waals surface area contributed by atoms with Crippen molar-refractivity contribution in [2.75, 3.05) is 31.6 Å². The molecule has 7 rings (SSSR count). The Morgan fingerprint density at radius 2 is 1.89 bits per heavy atom. The number of halogens is 1. The molecule has 1 fully saturated rings. The second-order valence-electron chi connectivity index (χ2n) is 10.9. The number of aromatic amines is 2. The van der Waals surface area contributed by atoms with Gasteiger partial charge in [0.25, 0.3) is 0 Å². The maximum atomic E-state index is 14.8. The molecule has 4 aromatic heterocycles. The number of H-pyrrole nitrogens is 2. The number of pyridine rings is 2. The van der Waals surface area contributed by atoms with Gasteiger partial charge in [-0.3, -0.25) is 19.8 Å². The first-order chi connectivity index (χ1) is 21.5. The lowest BCUT2D eigenvalue weighted by atomic mass is 10.0. The van der Waals surface area contributed by atoms with Crippen molar-refractivity contribution in [3.63, 3.8) is 0 Å². The summed E-state index contributed by atoms with van der Waals surface area (Å²) in [6.45, 7) is 5.31. The number of likely N-dealkylation sites (tertiary alicyclic amines) is 1. The van der Waals surface area contributed by atoms with Crippen molar-refractivity contribution in [2.24, 2.45) is 0 Å². The third-order valence-electron chi connectivity index (χ3n) is 7.84. The summed E-state index contributed by atoms with van der Waals surface area (Å²) in [6, 6.07) is 16.2. The minimum absolute atomic E-state index is 0.0896. The third-order valence-corrected chi connectivity index (χ3v) is 7.84. The molecular formula is C33H31FN8O2. The van der Waals surface area contributed by atoms with Crippen molar-refractivity contribution < 1.29 is 13.9 Å². The molecule has 10 nitrogen and oxygen atoms in total. The lowest BCUT2D eigenvalue weighted by molar-refractivity contribution is -0.115. The molecule has 5 heterocycles. The number of carbonyl (C=O) groups excluding carboxylic acids is 1. The van der Waals surface area contributed by atoms with E-state index in [1.54, 1.807) is 19.3 Å². The number of nitrogens with zero attached hydrogens (tertiary/aromatic N) is 5. The smallest absolute Gasteiger partial charge is 0.224 e. The van der Waals surface area contributed by atoms with E-state index >= 15 is 0 Å². The highest BCUT2D eigenvalue weighted by Crippen LogP contribution is 2.34. The van der Waals surface area contributed by atoms with Gasteiger partial charge in [0.1, 0.15) is 23.7 Å². The molecule has 1 aliphatic heterocycles. The first kappa shape index (κ1) is 27.7. The van der Waals surface area contributed by atoms with Crippen LogP contribution in [0.25, 0.3) is 56.0 Å². The second kappa shape index (κ2) is 11.8. The minimum atomic E-state index is -0.366. The second-order valence-corrected chi connectivity index (χ2v) is 10.9. The molecule has 44 heavy (non-hydrogen) atoms. The van der Waals surface area contributed by atoms with Gasteiger partial charge in [0.15, 0.2) is 11.5 Å². The van der Waals surface area contributed by atoms with Crippen LogP contribution in [0.1, 0.15) is 26.2 Å². The summed E-state index contributed by atoms with van der Waals surface area (Å²) in [5.74, 6) is 0.571. The largest absolute Gasteiger partial charge is 0.492 e. The molecule has 1 saturated heterocycles. The van der Waals surface area contributed by atoms with E-state index in [-0.39, 0.29) is 11.7 Å². The summed E-state index contributed by atoms with van der Waals surface area (Å²) in [7, 11) is 0. The van der Waals surface area contributed by atoms with Gasteiger partial charge in [0, 0.05) is 36.4 Å². The standard InChI is InChI=1S/C33H31FN8O2/c1-2-29(43)36-23-15-21(18-35-19-23)26-8-9-28-31(37-26)32(41-40-28)33-38-27-7-5-6-25(30(27)39-33)20-14-22(34)17-24(16-20)44-13-12-42-10-3-4-11-42/h5-9,14-19H,2-4,10-13H2,1H3,(H,36,43)(H,38,39)(H,40,41). The van der Waals surface area contributed by atoms with Gasteiger partial charge in [-0.25, -0.2) is 14.4 Å². The first-order valence-electron chi connectivity index (χ1n) is 14.8. The molecule has 0 unspecified atom stereocenters. The van der Waals surface area contributed by atoms with Crippen molar-refractivity contribution in [3.05, 3.63) is 72.8 Å². The molecule has 0 bridgehead atoms. The van der Waals surface area contributed by atoms with Crippen LogP contribution in [0.4, 0.5) is 10.1 Å². The van der Waals surface area contributed by atoms with E-state index in [4.69, 9.17) is 14.7 Å². The van der Waals surface area contributed by atoms with E-state index in [1.165, 1.54) is 25.0 Å². The van der Waals surface area contributed by atoms with Gasteiger partial charge in [-0.2, -0.15) is 5.10 Å². The zero-order chi connectivity index (χ0) is 30.0. The number of benzene rings is 2. The van der Waals surface area contributed by atoms with E-state index < -0.39 is 0 Å².